The lowest BCUT2D eigenvalue weighted by atomic mass is 10.1. The van der Waals surface area contributed by atoms with Crippen molar-refractivity contribution >= 4 is 33.8 Å². The molecule has 0 fully saturated rings. The molecule has 0 bridgehead atoms. The van der Waals surface area contributed by atoms with Crippen molar-refractivity contribution in [2.45, 2.75) is 31.7 Å². The second kappa shape index (κ2) is 7.12. The van der Waals surface area contributed by atoms with Gasteiger partial charge in [0.2, 0.25) is 0 Å². The van der Waals surface area contributed by atoms with E-state index in [1.165, 1.54) is 5.56 Å². The maximum absolute atomic E-state index is 11.3. The monoisotopic (exact) mass is 334 g/mol. The predicted octanol–water partition coefficient (Wildman–Crippen LogP) is 3.75. The fraction of sp³-hybridized carbons (Fsp3) is 0.462. The zero-order chi connectivity index (χ0) is 13.6. The third-order valence-corrected chi connectivity index (χ3v) is 3.24. The molecule has 0 saturated heterocycles. The maximum atomic E-state index is 11.3. The largest absolute Gasteiger partial charge is 0.382 e. The van der Waals surface area contributed by atoms with E-state index in [4.69, 9.17) is 16.3 Å². The second-order valence-electron chi connectivity index (χ2n) is 4.35. The highest BCUT2D eigenvalue weighted by molar-refractivity contribution is 9.06. The van der Waals surface area contributed by atoms with Crippen LogP contribution in [0.2, 0.25) is 0 Å². The van der Waals surface area contributed by atoms with Crippen molar-refractivity contribution in [1.29, 1.82) is 0 Å². The Morgan fingerprint density at radius 1 is 1.39 bits per heavy atom. The van der Waals surface area contributed by atoms with Gasteiger partial charge in [-0.05, 0) is 19.4 Å². The van der Waals surface area contributed by atoms with Gasteiger partial charge in [0.1, 0.15) is 4.87 Å². The summed E-state index contributed by atoms with van der Waals surface area (Å²) >= 11 is 8.63. The summed E-state index contributed by atoms with van der Waals surface area (Å²) in [6, 6.07) is 8.10. The van der Waals surface area contributed by atoms with Crippen molar-refractivity contribution in [3.8, 4) is 0 Å². The molecular formula is C13H16BrClO3. The summed E-state index contributed by atoms with van der Waals surface area (Å²) in [7, 11) is 0. The van der Waals surface area contributed by atoms with E-state index in [1.807, 2.05) is 31.2 Å². The number of ether oxygens (including phenoxy) is 1. The molecule has 0 aliphatic heterocycles. The molecule has 0 amide bonds. The van der Waals surface area contributed by atoms with Gasteiger partial charge in [0.15, 0.2) is 16.3 Å². The highest BCUT2D eigenvalue weighted by Crippen LogP contribution is 2.22. The number of rotatable bonds is 6. The Balaban J connectivity index is 2.30. The van der Waals surface area contributed by atoms with Gasteiger partial charge in [0, 0.05) is 13.0 Å². The SMILES string of the molecule is Cc1ccc(COCCC(C)(Cl)C(=O)OBr)cc1. The van der Waals surface area contributed by atoms with Crippen LogP contribution in [-0.4, -0.2) is 17.5 Å². The third-order valence-electron chi connectivity index (χ3n) is 2.60. The molecule has 1 aromatic rings. The topological polar surface area (TPSA) is 35.5 Å². The first kappa shape index (κ1) is 15.5. The number of hydrogen-bond donors (Lipinski definition) is 0. The van der Waals surface area contributed by atoms with E-state index in [2.05, 4.69) is 20.1 Å². The highest BCUT2D eigenvalue weighted by Gasteiger charge is 2.31. The van der Waals surface area contributed by atoms with Crippen LogP contribution in [0, 0.1) is 6.92 Å². The molecule has 0 aromatic heterocycles. The molecule has 1 atom stereocenters. The first-order chi connectivity index (χ1) is 8.45. The van der Waals surface area contributed by atoms with E-state index in [0.717, 1.165) is 5.56 Å². The Labute approximate surface area is 121 Å². The van der Waals surface area contributed by atoms with E-state index < -0.39 is 10.8 Å². The van der Waals surface area contributed by atoms with E-state index in [0.29, 0.717) is 19.6 Å². The number of carbonyl (C=O) groups excluding carboxylic acids is 1. The lowest BCUT2D eigenvalue weighted by molar-refractivity contribution is -0.135. The fourth-order valence-corrected chi connectivity index (χ4v) is 1.89. The lowest BCUT2D eigenvalue weighted by Crippen LogP contribution is -2.30. The Morgan fingerprint density at radius 3 is 2.56 bits per heavy atom. The van der Waals surface area contributed by atoms with Gasteiger partial charge in [0.25, 0.3) is 0 Å². The molecule has 1 rings (SSSR count). The van der Waals surface area contributed by atoms with Crippen LogP contribution >= 0.6 is 27.9 Å². The number of alkyl halides is 1. The van der Waals surface area contributed by atoms with Crippen LogP contribution < -0.4 is 0 Å². The first-order valence-corrected chi connectivity index (χ1v) is 6.63. The summed E-state index contributed by atoms with van der Waals surface area (Å²) in [4.78, 5) is 10.2. The minimum Gasteiger partial charge on any atom is -0.382 e. The number of hydrogen-bond acceptors (Lipinski definition) is 3. The number of aryl methyl sites for hydroxylation is 1. The van der Waals surface area contributed by atoms with E-state index >= 15 is 0 Å². The number of halogens is 2. The van der Waals surface area contributed by atoms with Gasteiger partial charge in [-0.15, -0.1) is 11.6 Å². The zero-order valence-corrected chi connectivity index (χ0v) is 12.8. The molecule has 1 aromatic carbocycles. The van der Waals surface area contributed by atoms with Crippen molar-refractivity contribution in [3.05, 3.63) is 35.4 Å². The van der Waals surface area contributed by atoms with Crippen LogP contribution in [0.4, 0.5) is 0 Å². The molecule has 0 heterocycles. The van der Waals surface area contributed by atoms with Crippen LogP contribution in [0.5, 0.6) is 0 Å². The standard InChI is InChI=1S/C13H16BrClO3/c1-10-3-5-11(6-4-10)9-17-8-7-13(2,15)12(16)18-14/h3-6H,7-9H2,1-2H3. The minimum atomic E-state index is -1.06. The van der Waals surface area contributed by atoms with Crippen LogP contribution in [0.15, 0.2) is 24.3 Å². The zero-order valence-electron chi connectivity index (χ0n) is 10.4. The summed E-state index contributed by atoms with van der Waals surface area (Å²) in [5.41, 5.74) is 2.31. The Morgan fingerprint density at radius 2 is 2.00 bits per heavy atom. The average Bonchev–Trinajstić information content (AvgIpc) is 2.35. The molecule has 0 aliphatic rings. The quantitative estimate of drug-likeness (QED) is 0.586. The predicted molar refractivity (Wildman–Crippen MR) is 74.7 cm³/mol. The Bertz CT molecular complexity index is 390. The second-order valence-corrected chi connectivity index (χ2v) is 5.51. The van der Waals surface area contributed by atoms with Gasteiger partial charge in [-0.1, -0.05) is 29.8 Å². The van der Waals surface area contributed by atoms with Gasteiger partial charge in [0.05, 0.1) is 6.61 Å². The summed E-state index contributed by atoms with van der Waals surface area (Å²) in [6.45, 7) is 4.55. The summed E-state index contributed by atoms with van der Waals surface area (Å²) in [5, 5.41) is 0. The molecule has 0 radical (unpaired) electrons. The fourth-order valence-electron chi connectivity index (χ4n) is 1.32. The molecule has 18 heavy (non-hydrogen) atoms. The summed E-state index contributed by atoms with van der Waals surface area (Å²) in [5.74, 6) is -0.511. The van der Waals surface area contributed by atoms with Crippen LogP contribution in [0.1, 0.15) is 24.5 Å². The van der Waals surface area contributed by atoms with Crippen molar-refractivity contribution < 1.29 is 13.4 Å². The van der Waals surface area contributed by atoms with Gasteiger partial charge in [-0.2, -0.15) is 0 Å². The molecular weight excluding hydrogens is 319 g/mol. The summed E-state index contributed by atoms with van der Waals surface area (Å²) < 4.78 is 9.91. The molecule has 5 heteroatoms. The molecule has 3 nitrogen and oxygen atoms in total. The third kappa shape index (κ3) is 4.96. The van der Waals surface area contributed by atoms with Gasteiger partial charge in [-0.25, -0.2) is 4.79 Å². The van der Waals surface area contributed by atoms with Crippen molar-refractivity contribution in [2.24, 2.45) is 0 Å². The van der Waals surface area contributed by atoms with Gasteiger partial charge in [-0.3, -0.25) is 0 Å². The molecule has 0 aliphatic carbocycles. The summed E-state index contributed by atoms with van der Waals surface area (Å²) in [6.07, 6.45) is 0.394. The normalized spacial score (nSPS) is 14.0. The molecule has 0 spiro atoms. The number of benzene rings is 1. The molecule has 1 unspecified atom stereocenters. The Hall–Kier alpha value is -0.580. The smallest absolute Gasteiger partial charge is 0.338 e. The highest BCUT2D eigenvalue weighted by atomic mass is 79.9. The molecule has 0 saturated carbocycles. The van der Waals surface area contributed by atoms with Crippen molar-refractivity contribution in [1.82, 2.24) is 0 Å². The van der Waals surface area contributed by atoms with Crippen LogP contribution in [0.25, 0.3) is 0 Å². The minimum absolute atomic E-state index is 0.394. The molecule has 100 valence electrons. The Kier molecular flexibility index (Phi) is 6.12. The first-order valence-electron chi connectivity index (χ1n) is 5.61. The van der Waals surface area contributed by atoms with Crippen molar-refractivity contribution in [3.63, 3.8) is 0 Å². The van der Waals surface area contributed by atoms with E-state index in [9.17, 15) is 4.79 Å². The van der Waals surface area contributed by atoms with Crippen LogP contribution in [0.3, 0.4) is 0 Å². The van der Waals surface area contributed by atoms with Crippen LogP contribution in [-0.2, 0) is 20.0 Å². The average molecular weight is 336 g/mol. The number of carbonyl (C=O) groups is 1. The van der Waals surface area contributed by atoms with Gasteiger partial charge >= 0.3 is 5.97 Å². The van der Waals surface area contributed by atoms with E-state index in [-0.39, 0.29) is 0 Å². The lowest BCUT2D eigenvalue weighted by Gasteiger charge is -2.17. The maximum Gasteiger partial charge on any atom is 0.338 e. The molecule has 0 N–H and O–H groups in total. The van der Waals surface area contributed by atoms with Crippen molar-refractivity contribution in [2.75, 3.05) is 6.61 Å². The van der Waals surface area contributed by atoms with Gasteiger partial charge < -0.3 is 8.57 Å². The van der Waals surface area contributed by atoms with E-state index in [1.54, 1.807) is 6.92 Å².